The van der Waals surface area contributed by atoms with E-state index in [0.717, 1.165) is 20.8 Å². The number of fused-ring (bicyclic) bond motifs is 1. The van der Waals surface area contributed by atoms with Crippen molar-refractivity contribution in [3.8, 4) is 11.3 Å². The van der Waals surface area contributed by atoms with Crippen molar-refractivity contribution >= 4 is 32.2 Å². The predicted molar refractivity (Wildman–Crippen MR) is 74.1 cm³/mol. The van der Waals surface area contributed by atoms with Crippen LogP contribution >= 0.6 is 27.3 Å². The molecule has 0 spiro atoms. The summed E-state index contributed by atoms with van der Waals surface area (Å²) in [7, 11) is 0. The second-order valence-electron chi connectivity index (χ2n) is 3.72. The van der Waals surface area contributed by atoms with Crippen molar-refractivity contribution in [3.63, 3.8) is 0 Å². The molecule has 3 rings (SSSR count). The normalized spacial score (nSPS) is 11.2. The maximum Gasteiger partial charge on any atom is 0.194 e. The van der Waals surface area contributed by atoms with E-state index in [-0.39, 0.29) is 0 Å². The summed E-state index contributed by atoms with van der Waals surface area (Å²) in [6.07, 6.45) is 2.00. The Labute approximate surface area is 111 Å². The fourth-order valence-electron chi connectivity index (χ4n) is 1.76. The van der Waals surface area contributed by atoms with E-state index >= 15 is 0 Å². The summed E-state index contributed by atoms with van der Waals surface area (Å²) < 4.78 is 3.18. The number of nitrogens with two attached hydrogens (primary N) is 1. The van der Waals surface area contributed by atoms with E-state index in [2.05, 4.69) is 42.8 Å². The maximum absolute atomic E-state index is 5.60. The monoisotopic (exact) mass is 307 g/mol. The molecule has 3 aromatic rings. The fraction of sp³-hybridized carbons (Fsp3) is 0.0833. The number of imidazole rings is 1. The van der Waals surface area contributed by atoms with Crippen LogP contribution in [0.1, 0.15) is 5.69 Å². The molecule has 0 fully saturated rings. The Morgan fingerprint density at radius 1 is 1.29 bits per heavy atom. The maximum atomic E-state index is 5.60. The minimum Gasteiger partial charge on any atom is -0.325 e. The average molecular weight is 308 g/mol. The van der Waals surface area contributed by atoms with Gasteiger partial charge in [-0.05, 0) is 17.7 Å². The molecule has 0 atom stereocenters. The van der Waals surface area contributed by atoms with Crippen LogP contribution in [0, 0.1) is 0 Å². The number of benzene rings is 1. The van der Waals surface area contributed by atoms with E-state index in [1.54, 1.807) is 11.3 Å². The van der Waals surface area contributed by atoms with Gasteiger partial charge in [0.05, 0.1) is 11.4 Å². The van der Waals surface area contributed by atoms with Crippen molar-refractivity contribution < 1.29 is 0 Å². The fourth-order valence-corrected chi connectivity index (χ4v) is 2.92. The summed E-state index contributed by atoms with van der Waals surface area (Å²) in [4.78, 5) is 5.43. The van der Waals surface area contributed by atoms with Gasteiger partial charge in [0.15, 0.2) is 4.96 Å². The molecule has 3 nitrogen and oxygen atoms in total. The number of nitrogens with zero attached hydrogens (tertiary/aromatic N) is 2. The summed E-state index contributed by atoms with van der Waals surface area (Å²) in [5.74, 6) is 0. The minimum absolute atomic E-state index is 0.480. The molecule has 1 aromatic carbocycles. The van der Waals surface area contributed by atoms with Gasteiger partial charge in [-0.15, -0.1) is 11.3 Å². The van der Waals surface area contributed by atoms with E-state index < -0.39 is 0 Å². The Morgan fingerprint density at radius 2 is 2.06 bits per heavy atom. The highest BCUT2D eigenvalue weighted by molar-refractivity contribution is 9.10. The van der Waals surface area contributed by atoms with E-state index in [4.69, 9.17) is 5.73 Å². The third-order valence-electron chi connectivity index (χ3n) is 2.61. The van der Waals surface area contributed by atoms with E-state index in [0.29, 0.717) is 6.54 Å². The van der Waals surface area contributed by atoms with Crippen LogP contribution in [0.25, 0.3) is 16.2 Å². The van der Waals surface area contributed by atoms with Gasteiger partial charge in [-0.2, -0.15) is 0 Å². The van der Waals surface area contributed by atoms with Crippen LogP contribution in [0.15, 0.2) is 40.3 Å². The Hall–Kier alpha value is -1.17. The zero-order chi connectivity index (χ0) is 11.8. The zero-order valence-electron chi connectivity index (χ0n) is 8.93. The molecular weight excluding hydrogens is 298 g/mol. The standard InChI is InChI=1S/C12H10BrN3S/c13-9-3-1-8(2-4-9)11-7-17-12-15-10(5-14)6-16(11)12/h1-4,6-7H,5,14H2. The second-order valence-corrected chi connectivity index (χ2v) is 5.47. The van der Waals surface area contributed by atoms with Gasteiger partial charge < -0.3 is 5.73 Å². The van der Waals surface area contributed by atoms with Crippen LogP contribution in [-0.2, 0) is 6.54 Å². The summed E-state index contributed by atoms with van der Waals surface area (Å²) >= 11 is 5.07. The van der Waals surface area contributed by atoms with E-state index in [1.807, 2.05) is 18.3 Å². The highest BCUT2D eigenvalue weighted by Gasteiger charge is 2.08. The first kappa shape index (κ1) is 11.0. The number of hydrogen-bond acceptors (Lipinski definition) is 3. The third kappa shape index (κ3) is 1.90. The van der Waals surface area contributed by atoms with Gasteiger partial charge in [0.1, 0.15) is 0 Å². The number of hydrogen-bond donors (Lipinski definition) is 1. The summed E-state index contributed by atoms with van der Waals surface area (Å²) in [5, 5.41) is 2.12. The molecule has 2 aromatic heterocycles. The summed E-state index contributed by atoms with van der Waals surface area (Å²) in [6, 6.07) is 8.26. The number of aromatic nitrogens is 2. The topological polar surface area (TPSA) is 43.3 Å². The Balaban J connectivity index is 2.16. The van der Waals surface area contributed by atoms with Gasteiger partial charge in [0.2, 0.25) is 0 Å². The Bertz CT molecular complexity index is 654. The molecule has 0 saturated carbocycles. The highest BCUT2D eigenvalue weighted by atomic mass is 79.9. The summed E-state index contributed by atoms with van der Waals surface area (Å²) in [6.45, 7) is 0.480. The smallest absolute Gasteiger partial charge is 0.194 e. The highest BCUT2D eigenvalue weighted by Crippen LogP contribution is 2.27. The van der Waals surface area contributed by atoms with E-state index in [1.165, 1.54) is 5.56 Å². The predicted octanol–water partition coefficient (Wildman–Crippen LogP) is 3.28. The largest absolute Gasteiger partial charge is 0.325 e. The Kier molecular flexibility index (Phi) is 2.74. The quantitative estimate of drug-likeness (QED) is 0.789. The van der Waals surface area contributed by atoms with Gasteiger partial charge in [0, 0.05) is 22.6 Å². The molecule has 0 unspecified atom stereocenters. The first-order valence-electron chi connectivity index (χ1n) is 5.19. The molecule has 0 aliphatic rings. The molecule has 0 amide bonds. The van der Waals surface area contributed by atoms with Crippen LogP contribution in [0.4, 0.5) is 0 Å². The van der Waals surface area contributed by atoms with Gasteiger partial charge in [0.25, 0.3) is 0 Å². The molecule has 0 bridgehead atoms. The van der Waals surface area contributed by atoms with Crippen LogP contribution in [-0.4, -0.2) is 9.38 Å². The molecule has 0 saturated heterocycles. The molecule has 5 heteroatoms. The molecule has 2 N–H and O–H groups in total. The lowest BCUT2D eigenvalue weighted by Crippen LogP contribution is -1.95. The van der Waals surface area contributed by atoms with Crippen molar-refractivity contribution in [1.29, 1.82) is 0 Å². The summed E-state index contributed by atoms with van der Waals surface area (Å²) in [5.41, 5.74) is 8.87. The number of halogens is 1. The second kappa shape index (κ2) is 4.25. The lowest BCUT2D eigenvalue weighted by Gasteiger charge is -1.99. The van der Waals surface area contributed by atoms with Crippen molar-refractivity contribution in [2.45, 2.75) is 6.54 Å². The molecule has 86 valence electrons. The van der Waals surface area contributed by atoms with E-state index in [9.17, 15) is 0 Å². The average Bonchev–Trinajstić information content (AvgIpc) is 2.89. The lowest BCUT2D eigenvalue weighted by molar-refractivity contribution is 1.02. The van der Waals surface area contributed by atoms with Gasteiger partial charge in [-0.1, -0.05) is 28.1 Å². The SMILES string of the molecule is NCc1cn2c(-c3ccc(Br)cc3)csc2n1. The van der Waals surface area contributed by atoms with Crippen LogP contribution in [0.3, 0.4) is 0 Å². The molecule has 0 aliphatic carbocycles. The van der Waals surface area contributed by atoms with Crippen molar-refractivity contribution in [2.24, 2.45) is 5.73 Å². The van der Waals surface area contributed by atoms with Crippen LogP contribution < -0.4 is 5.73 Å². The molecule has 17 heavy (non-hydrogen) atoms. The lowest BCUT2D eigenvalue weighted by atomic mass is 10.2. The molecular formula is C12H10BrN3S. The van der Waals surface area contributed by atoms with Crippen LogP contribution in [0.2, 0.25) is 0 Å². The van der Waals surface area contributed by atoms with Gasteiger partial charge in [-0.3, -0.25) is 4.40 Å². The van der Waals surface area contributed by atoms with Crippen molar-refractivity contribution in [1.82, 2.24) is 9.38 Å². The molecule has 0 aliphatic heterocycles. The minimum atomic E-state index is 0.480. The van der Waals surface area contributed by atoms with Crippen molar-refractivity contribution in [3.05, 3.63) is 46.0 Å². The Morgan fingerprint density at radius 3 is 2.76 bits per heavy atom. The molecule has 0 radical (unpaired) electrons. The number of rotatable bonds is 2. The first-order valence-corrected chi connectivity index (χ1v) is 6.86. The van der Waals surface area contributed by atoms with Crippen LogP contribution in [0.5, 0.6) is 0 Å². The zero-order valence-corrected chi connectivity index (χ0v) is 11.3. The first-order chi connectivity index (χ1) is 8.28. The third-order valence-corrected chi connectivity index (χ3v) is 3.98. The number of thiazole rings is 1. The van der Waals surface area contributed by atoms with Gasteiger partial charge in [-0.25, -0.2) is 4.98 Å². The van der Waals surface area contributed by atoms with Crippen molar-refractivity contribution in [2.75, 3.05) is 0 Å². The van der Waals surface area contributed by atoms with Gasteiger partial charge >= 0.3 is 0 Å². The molecule has 2 heterocycles.